The molecule has 320 valence electrons. The predicted octanol–water partition coefficient (Wildman–Crippen LogP) is 1.77. The maximum Gasteiger partial charge on any atom is 0.303 e. The molecular formula is C38H67NO16. The Morgan fingerprint density at radius 3 is 1.00 bits per heavy atom. The molecule has 1 rings (SSSR count). The van der Waals surface area contributed by atoms with E-state index in [0.717, 1.165) is 5.56 Å². The van der Waals surface area contributed by atoms with Crippen LogP contribution >= 0.6 is 0 Å². The van der Waals surface area contributed by atoms with Gasteiger partial charge in [0.15, 0.2) is 0 Å². The van der Waals surface area contributed by atoms with Gasteiger partial charge in [0, 0.05) is 19.6 Å². The predicted molar refractivity (Wildman–Crippen MR) is 200 cm³/mol. The lowest BCUT2D eigenvalue weighted by Gasteiger charge is -2.09. The molecule has 2 N–H and O–H groups in total. The summed E-state index contributed by atoms with van der Waals surface area (Å²) in [6, 6.07) is 10.1. The molecule has 0 unspecified atom stereocenters. The summed E-state index contributed by atoms with van der Waals surface area (Å²) in [6.45, 7) is 13.3. The Morgan fingerprint density at radius 1 is 0.400 bits per heavy atom. The number of benzene rings is 1. The van der Waals surface area contributed by atoms with Crippen LogP contribution in [-0.4, -0.2) is 189 Å². The first-order valence-corrected chi connectivity index (χ1v) is 19.2. The number of hydrogen-bond donors (Lipinski definition) is 2. The van der Waals surface area contributed by atoms with Crippen molar-refractivity contribution in [3.05, 3.63) is 35.9 Å². The summed E-state index contributed by atoms with van der Waals surface area (Å²) >= 11 is 0. The Hall–Kier alpha value is -2.36. The SMILES string of the molecule is O=C(O)CCC(=O)NCCCOCCOCCOCCOCCOCCOCCOCCOCCOCCOCCOCCOCCOCc1ccccc1. The molecule has 0 aliphatic carbocycles. The summed E-state index contributed by atoms with van der Waals surface area (Å²) in [5.41, 5.74) is 1.15. The zero-order valence-corrected chi connectivity index (χ0v) is 32.7. The Balaban J connectivity index is 1.61. The quantitative estimate of drug-likeness (QED) is 0.0910. The Bertz CT molecular complexity index is 948. The summed E-state index contributed by atoms with van der Waals surface area (Å²) in [7, 11) is 0. The minimum Gasteiger partial charge on any atom is -0.481 e. The molecular weight excluding hydrogens is 726 g/mol. The van der Waals surface area contributed by atoms with Gasteiger partial charge in [0.1, 0.15) is 0 Å². The van der Waals surface area contributed by atoms with Gasteiger partial charge in [-0.25, -0.2) is 0 Å². The highest BCUT2D eigenvalue weighted by molar-refractivity contribution is 5.80. The van der Waals surface area contributed by atoms with E-state index < -0.39 is 5.97 Å². The highest BCUT2D eigenvalue weighted by Crippen LogP contribution is 2.00. The van der Waals surface area contributed by atoms with Crippen LogP contribution in [0.2, 0.25) is 0 Å². The molecule has 0 heterocycles. The third kappa shape index (κ3) is 41.1. The van der Waals surface area contributed by atoms with Gasteiger partial charge >= 0.3 is 5.97 Å². The number of amides is 1. The van der Waals surface area contributed by atoms with E-state index in [1.807, 2.05) is 30.3 Å². The molecule has 0 fully saturated rings. The Kier molecular flexibility index (Phi) is 39.4. The van der Waals surface area contributed by atoms with E-state index in [0.29, 0.717) is 185 Å². The van der Waals surface area contributed by atoms with Gasteiger partial charge < -0.3 is 72.0 Å². The smallest absolute Gasteiger partial charge is 0.303 e. The fourth-order valence-corrected chi connectivity index (χ4v) is 4.11. The fraction of sp³-hybridized carbons (Fsp3) is 0.789. The maximum atomic E-state index is 11.4. The summed E-state index contributed by atoms with van der Waals surface area (Å²) in [5.74, 6) is -1.25. The van der Waals surface area contributed by atoms with Gasteiger partial charge in [-0.1, -0.05) is 30.3 Å². The van der Waals surface area contributed by atoms with Crippen LogP contribution in [-0.2, 0) is 77.8 Å². The molecule has 0 aromatic heterocycles. The lowest BCUT2D eigenvalue weighted by Crippen LogP contribution is -2.25. The molecule has 0 spiro atoms. The van der Waals surface area contributed by atoms with Gasteiger partial charge in [-0.15, -0.1) is 0 Å². The first-order chi connectivity index (χ1) is 27.2. The number of aliphatic carboxylic acids is 1. The maximum absolute atomic E-state index is 11.4. The van der Waals surface area contributed by atoms with Gasteiger partial charge in [0.05, 0.1) is 172 Å². The lowest BCUT2D eigenvalue weighted by molar-refractivity contribution is -0.138. The van der Waals surface area contributed by atoms with Crippen molar-refractivity contribution in [2.24, 2.45) is 0 Å². The van der Waals surface area contributed by atoms with Crippen molar-refractivity contribution in [2.75, 3.05) is 172 Å². The standard InChI is InChI=1S/C38H67NO16/c40-37(7-8-38(41)42)39-9-4-10-43-11-12-44-13-14-45-15-16-46-17-18-47-19-20-48-21-22-49-23-24-50-25-26-51-27-28-52-29-30-53-31-32-54-33-34-55-35-36-5-2-1-3-6-36/h1-3,5-6H,4,7-35H2,(H,39,40)(H,41,42). The second-order valence-electron chi connectivity index (χ2n) is 11.5. The van der Waals surface area contributed by atoms with Crippen LogP contribution in [0, 0.1) is 0 Å². The third-order valence-electron chi connectivity index (χ3n) is 6.93. The number of carboxylic acids is 1. The van der Waals surface area contributed by atoms with Crippen LogP contribution in [0.1, 0.15) is 24.8 Å². The minimum absolute atomic E-state index is 0.0121. The highest BCUT2D eigenvalue weighted by atomic mass is 16.6. The summed E-state index contributed by atoms with van der Waals surface area (Å²) in [6.07, 6.45) is 0.471. The number of hydrogen-bond acceptors (Lipinski definition) is 15. The van der Waals surface area contributed by atoms with E-state index >= 15 is 0 Å². The number of carbonyl (C=O) groups excluding carboxylic acids is 1. The molecule has 0 aliphatic heterocycles. The second kappa shape index (κ2) is 42.8. The molecule has 0 radical (unpaired) electrons. The normalized spacial score (nSPS) is 11.3. The summed E-state index contributed by atoms with van der Waals surface area (Å²) < 4.78 is 71.2. The Labute approximate surface area is 326 Å². The van der Waals surface area contributed by atoms with E-state index in [9.17, 15) is 9.59 Å². The molecule has 1 aromatic rings. The number of nitrogens with one attached hydrogen (secondary N) is 1. The minimum atomic E-state index is -0.984. The largest absolute Gasteiger partial charge is 0.481 e. The van der Waals surface area contributed by atoms with Crippen molar-refractivity contribution in [3.63, 3.8) is 0 Å². The van der Waals surface area contributed by atoms with E-state index in [-0.39, 0.29) is 18.7 Å². The monoisotopic (exact) mass is 793 g/mol. The van der Waals surface area contributed by atoms with Gasteiger partial charge in [0.25, 0.3) is 0 Å². The zero-order valence-electron chi connectivity index (χ0n) is 32.7. The zero-order chi connectivity index (χ0) is 39.4. The molecule has 55 heavy (non-hydrogen) atoms. The number of carboxylic acid groups (broad SMARTS) is 1. The van der Waals surface area contributed by atoms with E-state index in [4.69, 9.17) is 66.7 Å². The second-order valence-corrected chi connectivity index (χ2v) is 11.5. The van der Waals surface area contributed by atoms with Crippen molar-refractivity contribution in [1.29, 1.82) is 0 Å². The molecule has 0 bridgehead atoms. The Morgan fingerprint density at radius 2 is 0.691 bits per heavy atom. The van der Waals surface area contributed by atoms with Crippen LogP contribution in [0.5, 0.6) is 0 Å². The molecule has 0 atom stereocenters. The van der Waals surface area contributed by atoms with Gasteiger partial charge in [0.2, 0.25) is 5.91 Å². The molecule has 17 nitrogen and oxygen atoms in total. The highest BCUT2D eigenvalue weighted by Gasteiger charge is 2.04. The van der Waals surface area contributed by atoms with Gasteiger partial charge in [-0.3, -0.25) is 9.59 Å². The van der Waals surface area contributed by atoms with Crippen LogP contribution in [0.4, 0.5) is 0 Å². The topological polar surface area (TPSA) is 186 Å². The third-order valence-corrected chi connectivity index (χ3v) is 6.93. The summed E-state index contributed by atoms with van der Waals surface area (Å²) in [4.78, 5) is 21.8. The fourth-order valence-electron chi connectivity index (χ4n) is 4.11. The molecule has 1 amide bonds. The lowest BCUT2D eigenvalue weighted by atomic mass is 10.2. The first kappa shape index (κ1) is 50.7. The van der Waals surface area contributed by atoms with Crippen LogP contribution in [0.25, 0.3) is 0 Å². The molecule has 1 aromatic carbocycles. The van der Waals surface area contributed by atoms with Crippen molar-refractivity contribution in [1.82, 2.24) is 5.32 Å². The first-order valence-electron chi connectivity index (χ1n) is 19.2. The molecule has 17 heteroatoms. The van der Waals surface area contributed by atoms with E-state index in [2.05, 4.69) is 5.32 Å². The molecule has 0 saturated heterocycles. The van der Waals surface area contributed by atoms with Crippen molar-refractivity contribution >= 4 is 11.9 Å². The van der Waals surface area contributed by atoms with E-state index in [1.54, 1.807) is 0 Å². The van der Waals surface area contributed by atoms with Crippen LogP contribution < -0.4 is 5.32 Å². The average molecular weight is 794 g/mol. The van der Waals surface area contributed by atoms with Crippen molar-refractivity contribution < 1.29 is 76.3 Å². The number of ether oxygens (including phenoxy) is 13. The van der Waals surface area contributed by atoms with Crippen LogP contribution in [0.15, 0.2) is 30.3 Å². The number of rotatable bonds is 45. The van der Waals surface area contributed by atoms with Gasteiger partial charge in [-0.05, 0) is 12.0 Å². The average Bonchev–Trinajstić information content (AvgIpc) is 3.19. The molecule has 0 saturated carbocycles. The van der Waals surface area contributed by atoms with Crippen molar-refractivity contribution in [2.45, 2.75) is 25.9 Å². The number of carbonyl (C=O) groups is 2. The van der Waals surface area contributed by atoms with Gasteiger partial charge in [-0.2, -0.15) is 0 Å². The van der Waals surface area contributed by atoms with Crippen LogP contribution in [0.3, 0.4) is 0 Å². The van der Waals surface area contributed by atoms with Crippen molar-refractivity contribution in [3.8, 4) is 0 Å². The molecule has 0 aliphatic rings. The van der Waals surface area contributed by atoms with E-state index in [1.165, 1.54) is 0 Å². The summed E-state index contributed by atoms with van der Waals surface area (Å²) in [5, 5.41) is 11.2.